The van der Waals surface area contributed by atoms with Crippen molar-refractivity contribution in [3.8, 4) is 0 Å². The maximum absolute atomic E-state index is 10.2. The molecule has 0 bridgehead atoms. The fourth-order valence-corrected chi connectivity index (χ4v) is 2.04. The van der Waals surface area contributed by atoms with Gasteiger partial charge >= 0.3 is 0 Å². The third-order valence-electron chi connectivity index (χ3n) is 2.93. The molecule has 2 aromatic rings. The molecule has 1 aliphatic rings. The van der Waals surface area contributed by atoms with Crippen molar-refractivity contribution in [2.45, 2.75) is 5.60 Å². The van der Waals surface area contributed by atoms with E-state index in [1.807, 2.05) is 30.5 Å². The average Bonchev–Trinajstić information content (AvgIpc) is 2.61. The Morgan fingerprint density at radius 2 is 2.07 bits per heavy atom. The lowest BCUT2D eigenvalue weighted by atomic mass is 9.86. The molecule has 14 heavy (non-hydrogen) atoms. The summed E-state index contributed by atoms with van der Waals surface area (Å²) in [5.74, 6) is 0. The molecule has 0 spiro atoms. The van der Waals surface area contributed by atoms with E-state index in [-0.39, 0.29) is 0 Å². The van der Waals surface area contributed by atoms with Crippen LogP contribution in [0.3, 0.4) is 0 Å². The van der Waals surface area contributed by atoms with E-state index in [2.05, 4.69) is 10.3 Å². The monoisotopic (exact) mass is 188 g/mol. The summed E-state index contributed by atoms with van der Waals surface area (Å²) in [6.07, 6.45) is 1.91. The van der Waals surface area contributed by atoms with Gasteiger partial charge in [-0.3, -0.25) is 0 Å². The van der Waals surface area contributed by atoms with Crippen LogP contribution in [0.15, 0.2) is 30.5 Å². The molecular formula is C11H12N2O. The van der Waals surface area contributed by atoms with Gasteiger partial charge in [0.2, 0.25) is 0 Å². The quantitative estimate of drug-likeness (QED) is 0.624. The zero-order valence-electron chi connectivity index (χ0n) is 7.75. The van der Waals surface area contributed by atoms with Gasteiger partial charge < -0.3 is 15.4 Å². The van der Waals surface area contributed by atoms with Gasteiger partial charge in [0, 0.05) is 30.2 Å². The molecule has 0 atom stereocenters. The van der Waals surface area contributed by atoms with Crippen LogP contribution in [0.25, 0.3) is 10.9 Å². The Hall–Kier alpha value is -1.32. The van der Waals surface area contributed by atoms with Crippen LogP contribution < -0.4 is 5.32 Å². The summed E-state index contributed by atoms with van der Waals surface area (Å²) < 4.78 is 0. The van der Waals surface area contributed by atoms with Gasteiger partial charge in [-0.1, -0.05) is 12.1 Å². The number of nitrogens with one attached hydrogen (secondary N) is 2. The van der Waals surface area contributed by atoms with E-state index < -0.39 is 5.60 Å². The molecule has 1 aromatic carbocycles. The standard InChI is InChI=1S/C11H12N2O/c14-11(6-12-7-11)9-2-1-3-10-8(9)4-5-13-10/h1-5,12-14H,6-7H2. The predicted molar refractivity (Wildman–Crippen MR) is 55.1 cm³/mol. The van der Waals surface area contributed by atoms with Crippen LogP contribution in [-0.4, -0.2) is 23.2 Å². The summed E-state index contributed by atoms with van der Waals surface area (Å²) >= 11 is 0. The summed E-state index contributed by atoms with van der Waals surface area (Å²) in [5, 5.41) is 14.4. The van der Waals surface area contributed by atoms with Gasteiger partial charge in [0.15, 0.2) is 0 Å². The van der Waals surface area contributed by atoms with Crippen molar-refractivity contribution in [1.29, 1.82) is 0 Å². The summed E-state index contributed by atoms with van der Waals surface area (Å²) in [4.78, 5) is 3.15. The second-order valence-corrected chi connectivity index (χ2v) is 3.88. The van der Waals surface area contributed by atoms with E-state index in [4.69, 9.17) is 0 Å². The maximum Gasteiger partial charge on any atom is 0.115 e. The Bertz CT molecular complexity index is 471. The first kappa shape index (κ1) is 8.03. The number of fused-ring (bicyclic) bond motifs is 1. The number of H-pyrrole nitrogens is 1. The second kappa shape index (κ2) is 2.59. The highest BCUT2D eigenvalue weighted by molar-refractivity contribution is 5.84. The number of β-amino-alcohol motifs (C(OH)–C–C–N with tert-alkyl or cyclic N) is 1. The van der Waals surface area contributed by atoms with Crippen LogP contribution in [0.5, 0.6) is 0 Å². The average molecular weight is 188 g/mol. The molecule has 0 unspecified atom stereocenters. The number of rotatable bonds is 1. The first-order valence-corrected chi connectivity index (χ1v) is 4.79. The fourth-order valence-electron chi connectivity index (χ4n) is 2.04. The molecule has 72 valence electrons. The minimum absolute atomic E-state index is 0.650. The summed E-state index contributed by atoms with van der Waals surface area (Å²) in [7, 11) is 0. The third kappa shape index (κ3) is 0.937. The van der Waals surface area contributed by atoms with E-state index in [9.17, 15) is 5.11 Å². The Morgan fingerprint density at radius 3 is 2.79 bits per heavy atom. The molecule has 3 rings (SSSR count). The number of hydrogen-bond acceptors (Lipinski definition) is 2. The highest BCUT2D eigenvalue weighted by atomic mass is 16.3. The SMILES string of the molecule is OC1(c2cccc3[nH]ccc23)CNC1. The number of benzene rings is 1. The Balaban J connectivity index is 2.24. The van der Waals surface area contributed by atoms with E-state index >= 15 is 0 Å². The van der Waals surface area contributed by atoms with Gasteiger partial charge in [0.1, 0.15) is 5.60 Å². The van der Waals surface area contributed by atoms with E-state index in [1.54, 1.807) is 0 Å². The van der Waals surface area contributed by atoms with Crippen molar-refractivity contribution >= 4 is 10.9 Å². The number of hydrogen-bond donors (Lipinski definition) is 3. The Labute approximate surface area is 81.8 Å². The molecule has 1 aromatic heterocycles. The molecule has 0 saturated carbocycles. The van der Waals surface area contributed by atoms with Crippen molar-refractivity contribution in [2.75, 3.05) is 13.1 Å². The normalized spacial score (nSPS) is 19.5. The molecular weight excluding hydrogens is 176 g/mol. The number of aromatic amines is 1. The maximum atomic E-state index is 10.2. The van der Waals surface area contributed by atoms with Gasteiger partial charge in [-0.2, -0.15) is 0 Å². The second-order valence-electron chi connectivity index (χ2n) is 3.88. The lowest BCUT2D eigenvalue weighted by molar-refractivity contribution is -0.0132. The topological polar surface area (TPSA) is 48.0 Å². The fraction of sp³-hybridized carbons (Fsp3) is 0.273. The van der Waals surface area contributed by atoms with Crippen LogP contribution in [0.4, 0.5) is 0 Å². The van der Waals surface area contributed by atoms with Crippen LogP contribution >= 0.6 is 0 Å². The predicted octanol–water partition coefficient (Wildman–Crippen LogP) is 0.959. The molecule has 0 aliphatic carbocycles. The lowest BCUT2D eigenvalue weighted by Gasteiger charge is -2.38. The van der Waals surface area contributed by atoms with Crippen molar-refractivity contribution in [2.24, 2.45) is 0 Å². The Morgan fingerprint density at radius 1 is 1.21 bits per heavy atom. The largest absolute Gasteiger partial charge is 0.382 e. The van der Waals surface area contributed by atoms with Crippen molar-refractivity contribution < 1.29 is 5.11 Å². The Kier molecular flexibility index (Phi) is 1.48. The smallest absolute Gasteiger partial charge is 0.115 e. The molecule has 3 N–H and O–H groups in total. The van der Waals surface area contributed by atoms with E-state index in [1.165, 1.54) is 0 Å². The molecule has 0 amide bonds. The molecule has 2 heterocycles. The van der Waals surface area contributed by atoms with E-state index in [0.717, 1.165) is 16.5 Å². The van der Waals surface area contributed by atoms with Gasteiger partial charge in [0.05, 0.1) is 0 Å². The number of aromatic nitrogens is 1. The molecule has 3 heteroatoms. The lowest BCUT2D eigenvalue weighted by Crippen LogP contribution is -2.56. The summed E-state index contributed by atoms with van der Waals surface area (Å²) in [5.41, 5.74) is 1.44. The molecule has 1 fully saturated rings. The molecule has 0 radical (unpaired) electrons. The van der Waals surface area contributed by atoms with Crippen molar-refractivity contribution in [3.05, 3.63) is 36.0 Å². The first-order valence-electron chi connectivity index (χ1n) is 4.79. The van der Waals surface area contributed by atoms with Crippen LogP contribution in [0.1, 0.15) is 5.56 Å². The molecule has 3 nitrogen and oxygen atoms in total. The van der Waals surface area contributed by atoms with Gasteiger partial charge in [-0.25, -0.2) is 0 Å². The van der Waals surface area contributed by atoms with Crippen molar-refractivity contribution in [1.82, 2.24) is 10.3 Å². The van der Waals surface area contributed by atoms with Crippen molar-refractivity contribution in [3.63, 3.8) is 0 Å². The van der Waals surface area contributed by atoms with Crippen LogP contribution in [-0.2, 0) is 5.60 Å². The molecule has 1 aliphatic heterocycles. The summed E-state index contributed by atoms with van der Waals surface area (Å²) in [6.45, 7) is 1.30. The van der Waals surface area contributed by atoms with Gasteiger partial charge in [-0.05, 0) is 17.7 Å². The highest BCUT2D eigenvalue weighted by Crippen LogP contribution is 2.31. The third-order valence-corrected chi connectivity index (χ3v) is 2.93. The summed E-state index contributed by atoms with van der Waals surface area (Å²) in [6, 6.07) is 8.01. The minimum atomic E-state index is -0.665. The number of aliphatic hydroxyl groups is 1. The van der Waals surface area contributed by atoms with Crippen LogP contribution in [0.2, 0.25) is 0 Å². The highest BCUT2D eigenvalue weighted by Gasteiger charge is 2.37. The van der Waals surface area contributed by atoms with E-state index in [0.29, 0.717) is 13.1 Å². The zero-order chi connectivity index (χ0) is 9.60. The van der Waals surface area contributed by atoms with Gasteiger partial charge in [0.25, 0.3) is 0 Å². The van der Waals surface area contributed by atoms with Gasteiger partial charge in [-0.15, -0.1) is 0 Å². The first-order chi connectivity index (χ1) is 6.80. The van der Waals surface area contributed by atoms with Crippen LogP contribution in [0, 0.1) is 0 Å². The zero-order valence-corrected chi connectivity index (χ0v) is 7.75. The molecule has 1 saturated heterocycles. The minimum Gasteiger partial charge on any atom is -0.382 e.